The van der Waals surface area contributed by atoms with Crippen LogP contribution in [0.4, 0.5) is 0 Å². The second-order valence-corrected chi connectivity index (χ2v) is 3.59. The fourth-order valence-electron chi connectivity index (χ4n) is 1.83. The molecule has 2 N–H and O–H groups in total. The van der Waals surface area contributed by atoms with Gasteiger partial charge in [0.2, 0.25) is 5.91 Å². The predicted octanol–water partition coefficient (Wildman–Crippen LogP) is -0.307. The van der Waals surface area contributed by atoms with Crippen LogP contribution in [-0.2, 0) is 4.79 Å². The van der Waals surface area contributed by atoms with Gasteiger partial charge in [0, 0.05) is 19.3 Å². The Balaban J connectivity index is 2.06. The predicted molar refractivity (Wildman–Crippen MR) is 49.5 cm³/mol. The fourth-order valence-corrected chi connectivity index (χ4v) is 1.83. The van der Waals surface area contributed by atoms with E-state index >= 15 is 0 Å². The van der Waals surface area contributed by atoms with Crippen LogP contribution in [0.1, 0.15) is 19.4 Å². The van der Waals surface area contributed by atoms with E-state index in [1.165, 1.54) is 6.92 Å². The van der Waals surface area contributed by atoms with E-state index in [4.69, 9.17) is 0 Å². The lowest BCUT2D eigenvalue weighted by Gasteiger charge is -2.41. The molecule has 1 saturated carbocycles. The highest BCUT2D eigenvalue weighted by Crippen LogP contribution is 2.31. The van der Waals surface area contributed by atoms with Crippen molar-refractivity contribution in [2.24, 2.45) is 0 Å². The van der Waals surface area contributed by atoms with E-state index < -0.39 is 6.10 Å². The molecule has 1 aromatic rings. The fraction of sp³-hybridized carbons (Fsp3) is 0.556. The number of rotatable bonds is 2. The summed E-state index contributed by atoms with van der Waals surface area (Å²) < 4.78 is 1.69. The van der Waals surface area contributed by atoms with Crippen molar-refractivity contribution in [2.75, 3.05) is 0 Å². The summed E-state index contributed by atoms with van der Waals surface area (Å²) >= 11 is 0. The third kappa shape index (κ3) is 1.50. The Morgan fingerprint density at radius 2 is 2.50 bits per heavy atom. The summed E-state index contributed by atoms with van der Waals surface area (Å²) in [5, 5.41) is 16.4. The highest BCUT2D eigenvalue weighted by molar-refractivity contribution is 5.73. The Morgan fingerprint density at radius 3 is 3.00 bits per heavy atom. The zero-order valence-corrected chi connectivity index (χ0v) is 7.92. The van der Waals surface area contributed by atoms with Gasteiger partial charge in [0.15, 0.2) is 0 Å². The number of amides is 1. The lowest BCUT2D eigenvalue weighted by molar-refractivity contribution is -0.122. The van der Waals surface area contributed by atoms with Crippen LogP contribution in [0.3, 0.4) is 0 Å². The maximum atomic E-state index is 10.8. The molecule has 1 amide bonds. The molecule has 3 atom stereocenters. The summed E-state index contributed by atoms with van der Waals surface area (Å²) in [7, 11) is 0. The summed E-state index contributed by atoms with van der Waals surface area (Å²) in [6.45, 7) is 1.48. The van der Waals surface area contributed by atoms with Crippen LogP contribution < -0.4 is 5.32 Å². The summed E-state index contributed by atoms with van der Waals surface area (Å²) in [5.41, 5.74) is 0. The zero-order valence-electron chi connectivity index (χ0n) is 7.92. The lowest BCUT2D eigenvalue weighted by atomic mass is 9.83. The van der Waals surface area contributed by atoms with Gasteiger partial charge in [-0.3, -0.25) is 9.48 Å². The summed E-state index contributed by atoms with van der Waals surface area (Å²) in [5.74, 6) is -0.0703. The van der Waals surface area contributed by atoms with Gasteiger partial charge in [0.05, 0.1) is 18.2 Å². The van der Waals surface area contributed by atoms with Crippen LogP contribution in [0.25, 0.3) is 0 Å². The van der Waals surface area contributed by atoms with Crippen molar-refractivity contribution in [2.45, 2.75) is 31.5 Å². The summed E-state index contributed by atoms with van der Waals surface area (Å²) in [6.07, 6.45) is 3.65. The molecule has 0 bridgehead atoms. The van der Waals surface area contributed by atoms with E-state index in [9.17, 15) is 9.90 Å². The first kappa shape index (κ1) is 9.21. The first-order valence-electron chi connectivity index (χ1n) is 4.63. The molecule has 1 fully saturated rings. The molecule has 5 nitrogen and oxygen atoms in total. The summed E-state index contributed by atoms with van der Waals surface area (Å²) in [4.78, 5) is 10.8. The molecule has 2 rings (SSSR count). The lowest BCUT2D eigenvalue weighted by Crippen LogP contribution is -2.55. The SMILES string of the molecule is CC(=O)N[C@@H]1C[C@H](O)[C@H]1n1cccn1. The molecule has 0 radical (unpaired) electrons. The van der Waals surface area contributed by atoms with Gasteiger partial charge in [0.25, 0.3) is 0 Å². The van der Waals surface area contributed by atoms with Gasteiger partial charge in [-0.25, -0.2) is 0 Å². The topological polar surface area (TPSA) is 67.2 Å². The second kappa shape index (κ2) is 3.42. The monoisotopic (exact) mass is 195 g/mol. The zero-order chi connectivity index (χ0) is 10.1. The highest BCUT2D eigenvalue weighted by Gasteiger charge is 2.42. The van der Waals surface area contributed by atoms with Crippen molar-refractivity contribution in [3.8, 4) is 0 Å². The van der Waals surface area contributed by atoms with Crippen molar-refractivity contribution in [3.63, 3.8) is 0 Å². The largest absolute Gasteiger partial charge is 0.391 e. The molecule has 14 heavy (non-hydrogen) atoms. The molecule has 0 saturated heterocycles. The molecule has 1 aliphatic rings. The van der Waals surface area contributed by atoms with Crippen LogP contribution in [0.2, 0.25) is 0 Å². The number of aliphatic hydroxyl groups excluding tert-OH is 1. The standard InChI is InChI=1S/C9H13N3O2/c1-6(13)11-7-5-8(14)9(7)12-4-2-3-10-12/h2-4,7-9,14H,5H2,1H3,(H,11,13)/t7-,8+,9+/m1/s1. The Kier molecular flexibility index (Phi) is 2.25. The Hall–Kier alpha value is -1.36. The molecular weight excluding hydrogens is 182 g/mol. The normalized spacial score (nSPS) is 30.9. The van der Waals surface area contributed by atoms with E-state index in [1.54, 1.807) is 23.1 Å². The van der Waals surface area contributed by atoms with Gasteiger partial charge in [-0.1, -0.05) is 0 Å². The van der Waals surface area contributed by atoms with E-state index in [1.807, 2.05) is 0 Å². The number of nitrogens with zero attached hydrogens (tertiary/aromatic N) is 2. The maximum absolute atomic E-state index is 10.8. The minimum atomic E-state index is -0.410. The molecule has 0 spiro atoms. The molecule has 1 aliphatic carbocycles. The quantitative estimate of drug-likeness (QED) is 0.680. The molecule has 0 aromatic carbocycles. The first-order valence-corrected chi connectivity index (χ1v) is 4.63. The van der Waals surface area contributed by atoms with Gasteiger partial charge in [-0.15, -0.1) is 0 Å². The molecule has 0 unspecified atom stereocenters. The van der Waals surface area contributed by atoms with Crippen LogP contribution in [0, 0.1) is 0 Å². The molecule has 1 heterocycles. The van der Waals surface area contributed by atoms with Crippen molar-refractivity contribution in [3.05, 3.63) is 18.5 Å². The Labute approximate surface area is 81.7 Å². The third-order valence-electron chi connectivity index (χ3n) is 2.52. The van der Waals surface area contributed by atoms with Crippen molar-refractivity contribution < 1.29 is 9.90 Å². The van der Waals surface area contributed by atoms with Crippen LogP contribution in [0.5, 0.6) is 0 Å². The minimum absolute atomic E-state index is 0.00222. The van der Waals surface area contributed by atoms with Crippen molar-refractivity contribution in [1.29, 1.82) is 0 Å². The van der Waals surface area contributed by atoms with Gasteiger partial charge >= 0.3 is 0 Å². The van der Waals surface area contributed by atoms with E-state index in [0.29, 0.717) is 6.42 Å². The van der Waals surface area contributed by atoms with Crippen molar-refractivity contribution >= 4 is 5.91 Å². The van der Waals surface area contributed by atoms with Gasteiger partial charge < -0.3 is 10.4 Å². The molecule has 5 heteroatoms. The molecule has 1 aromatic heterocycles. The molecule has 76 valence electrons. The van der Waals surface area contributed by atoms with Crippen LogP contribution in [-0.4, -0.2) is 32.9 Å². The van der Waals surface area contributed by atoms with Gasteiger partial charge in [0.1, 0.15) is 0 Å². The van der Waals surface area contributed by atoms with E-state index in [-0.39, 0.29) is 18.0 Å². The number of carbonyl (C=O) groups is 1. The number of carbonyl (C=O) groups excluding carboxylic acids is 1. The maximum Gasteiger partial charge on any atom is 0.217 e. The average Bonchev–Trinajstić information content (AvgIpc) is 2.55. The number of aromatic nitrogens is 2. The molecular formula is C9H13N3O2. The minimum Gasteiger partial charge on any atom is -0.391 e. The third-order valence-corrected chi connectivity index (χ3v) is 2.52. The molecule has 0 aliphatic heterocycles. The Bertz CT molecular complexity index is 323. The van der Waals surface area contributed by atoms with E-state index in [0.717, 1.165) is 0 Å². The smallest absolute Gasteiger partial charge is 0.217 e. The number of hydrogen-bond donors (Lipinski definition) is 2. The van der Waals surface area contributed by atoms with Gasteiger partial charge in [-0.2, -0.15) is 5.10 Å². The van der Waals surface area contributed by atoms with Gasteiger partial charge in [-0.05, 0) is 12.5 Å². The first-order chi connectivity index (χ1) is 6.68. The second-order valence-electron chi connectivity index (χ2n) is 3.59. The van der Waals surface area contributed by atoms with Crippen LogP contribution in [0.15, 0.2) is 18.5 Å². The van der Waals surface area contributed by atoms with Crippen molar-refractivity contribution in [1.82, 2.24) is 15.1 Å². The van der Waals surface area contributed by atoms with E-state index in [2.05, 4.69) is 10.4 Å². The summed E-state index contributed by atoms with van der Waals surface area (Å²) in [6, 6.07) is 1.69. The Morgan fingerprint density at radius 1 is 1.71 bits per heavy atom. The number of aliphatic hydroxyl groups is 1. The number of nitrogens with one attached hydrogen (secondary N) is 1. The van der Waals surface area contributed by atoms with Crippen LogP contribution >= 0.6 is 0 Å². The average molecular weight is 195 g/mol. The number of hydrogen-bond acceptors (Lipinski definition) is 3. The highest BCUT2D eigenvalue weighted by atomic mass is 16.3.